The van der Waals surface area contributed by atoms with E-state index >= 15 is 0 Å². The van der Waals surface area contributed by atoms with Crippen LogP contribution in [0, 0.1) is 17.3 Å². The van der Waals surface area contributed by atoms with Crippen molar-refractivity contribution in [3.63, 3.8) is 0 Å². The fourth-order valence-corrected chi connectivity index (χ4v) is 3.37. The molecule has 0 saturated heterocycles. The van der Waals surface area contributed by atoms with Crippen LogP contribution in [0.15, 0.2) is 0 Å². The van der Waals surface area contributed by atoms with Gasteiger partial charge in [-0.25, -0.2) is 0 Å². The molecule has 0 aliphatic heterocycles. The summed E-state index contributed by atoms with van der Waals surface area (Å²) in [6.07, 6.45) is 6.09. The number of hydrogen-bond donors (Lipinski definition) is 0. The standard InChI is InChI=1S/C10H15ClO/c1-10(9(11)12)6-5-7-3-2-4-8(7)10/h7-8H,2-6H2,1H3/t7-,8-,10?/m0/s1. The Hall–Kier alpha value is -0.0400. The van der Waals surface area contributed by atoms with Crippen molar-refractivity contribution < 1.29 is 4.79 Å². The van der Waals surface area contributed by atoms with E-state index in [-0.39, 0.29) is 10.7 Å². The van der Waals surface area contributed by atoms with Crippen molar-refractivity contribution in [1.82, 2.24) is 0 Å². The topological polar surface area (TPSA) is 17.1 Å². The van der Waals surface area contributed by atoms with E-state index in [0.717, 1.165) is 12.3 Å². The summed E-state index contributed by atoms with van der Waals surface area (Å²) in [5.74, 6) is 1.40. The molecule has 0 N–H and O–H groups in total. The van der Waals surface area contributed by atoms with Gasteiger partial charge in [0.05, 0.1) is 0 Å². The highest BCUT2D eigenvalue weighted by Gasteiger charge is 2.50. The number of carbonyl (C=O) groups excluding carboxylic acids is 1. The molecule has 0 aromatic rings. The molecule has 2 aliphatic carbocycles. The molecule has 0 radical (unpaired) electrons. The molecule has 0 heterocycles. The summed E-state index contributed by atoms with van der Waals surface area (Å²) in [6, 6.07) is 0. The van der Waals surface area contributed by atoms with Crippen molar-refractivity contribution in [3.05, 3.63) is 0 Å². The van der Waals surface area contributed by atoms with E-state index in [1.165, 1.54) is 25.7 Å². The van der Waals surface area contributed by atoms with E-state index < -0.39 is 0 Å². The molecule has 0 spiro atoms. The van der Waals surface area contributed by atoms with Crippen LogP contribution in [0.4, 0.5) is 0 Å². The van der Waals surface area contributed by atoms with Crippen molar-refractivity contribution in [2.45, 2.75) is 39.0 Å². The van der Waals surface area contributed by atoms with Crippen LogP contribution in [0.5, 0.6) is 0 Å². The molecular weight excluding hydrogens is 172 g/mol. The molecule has 1 unspecified atom stereocenters. The van der Waals surface area contributed by atoms with Crippen LogP contribution in [-0.4, -0.2) is 5.24 Å². The van der Waals surface area contributed by atoms with Crippen molar-refractivity contribution in [2.24, 2.45) is 17.3 Å². The van der Waals surface area contributed by atoms with Gasteiger partial charge in [0.2, 0.25) is 5.24 Å². The lowest BCUT2D eigenvalue weighted by Gasteiger charge is -2.26. The summed E-state index contributed by atoms with van der Waals surface area (Å²) in [4.78, 5) is 11.3. The largest absolute Gasteiger partial charge is 0.281 e. The summed E-state index contributed by atoms with van der Waals surface area (Å²) < 4.78 is 0. The Balaban J connectivity index is 2.22. The Morgan fingerprint density at radius 3 is 2.83 bits per heavy atom. The first-order chi connectivity index (χ1) is 5.64. The minimum absolute atomic E-state index is 0.100. The third-order valence-electron chi connectivity index (χ3n) is 3.96. The Morgan fingerprint density at radius 1 is 1.42 bits per heavy atom. The minimum Gasteiger partial charge on any atom is -0.281 e. The Bertz CT molecular complexity index is 214. The zero-order valence-electron chi connectivity index (χ0n) is 7.48. The molecule has 2 saturated carbocycles. The van der Waals surface area contributed by atoms with Crippen LogP contribution in [0.2, 0.25) is 0 Å². The Kier molecular flexibility index (Phi) is 1.95. The highest BCUT2D eigenvalue weighted by atomic mass is 35.5. The van der Waals surface area contributed by atoms with Gasteiger partial charge in [0, 0.05) is 5.41 Å². The van der Waals surface area contributed by atoms with Gasteiger partial charge in [0.1, 0.15) is 0 Å². The highest BCUT2D eigenvalue weighted by molar-refractivity contribution is 6.64. The lowest BCUT2D eigenvalue weighted by molar-refractivity contribution is -0.121. The molecular formula is C10H15ClO. The van der Waals surface area contributed by atoms with Crippen LogP contribution in [-0.2, 0) is 4.79 Å². The SMILES string of the molecule is CC1(C(=O)Cl)CC[C@@H]2CCC[C@@H]21. The molecule has 12 heavy (non-hydrogen) atoms. The summed E-state index contributed by atoms with van der Waals surface area (Å²) in [6.45, 7) is 2.05. The van der Waals surface area contributed by atoms with Crippen molar-refractivity contribution >= 4 is 16.8 Å². The number of rotatable bonds is 1. The molecule has 0 amide bonds. The molecule has 2 fully saturated rings. The molecule has 2 rings (SSSR count). The molecule has 3 atom stereocenters. The van der Waals surface area contributed by atoms with Gasteiger partial charge in [-0.1, -0.05) is 19.8 Å². The predicted molar refractivity (Wildman–Crippen MR) is 49.0 cm³/mol. The van der Waals surface area contributed by atoms with E-state index in [1.54, 1.807) is 0 Å². The van der Waals surface area contributed by atoms with Gasteiger partial charge in [-0.2, -0.15) is 0 Å². The third-order valence-corrected chi connectivity index (χ3v) is 4.39. The number of carbonyl (C=O) groups is 1. The van der Waals surface area contributed by atoms with Gasteiger partial charge in [0.25, 0.3) is 0 Å². The van der Waals surface area contributed by atoms with Gasteiger partial charge in [-0.15, -0.1) is 0 Å². The molecule has 68 valence electrons. The van der Waals surface area contributed by atoms with Crippen LogP contribution in [0.3, 0.4) is 0 Å². The minimum atomic E-state index is -0.178. The van der Waals surface area contributed by atoms with Gasteiger partial charge < -0.3 is 0 Å². The summed E-state index contributed by atoms with van der Waals surface area (Å²) in [7, 11) is 0. The number of halogens is 1. The molecule has 0 aromatic carbocycles. The van der Waals surface area contributed by atoms with E-state index in [9.17, 15) is 4.79 Å². The smallest absolute Gasteiger partial charge is 0.227 e. The van der Waals surface area contributed by atoms with E-state index in [1.807, 2.05) is 0 Å². The van der Waals surface area contributed by atoms with Crippen LogP contribution in [0.1, 0.15) is 39.0 Å². The van der Waals surface area contributed by atoms with Gasteiger partial charge in [0.15, 0.2) is 0 Å². The predicted octanol–water partition coefficient (Wildman–Crippen LogP) is 2.97. The fraction of sp³-hybridized carbons (Fsp3) is 0.900. The zero-order valence-corrected chi connectivity index (χ0v) is 8.23. The maximum Gasteiger partial charge on any atom is 0.227 e. The molecule has 0 aromatic heterocycles. The summed E-state index contributed by atoms with van der Waals surface area (Å²) in [5, 5.41) is -0.100. The van der Waals surface area contributed by atoms with Crippen molar-refractivity contribution in [3.8, 4) is 0 Å². The highest BCUT2D eigenvalue weighted by Crippen LogP contribution is 2.55. The third kappa shape index (κ3) is 1.02. The Morgan fingerprint density at radius 2 is 2.17 bits per heavy atom. The lowest BCUT2D eigenvalue weighted by atomic mass is 9.79. The first kappa shape index (κ1) is 8.55. The summed E-state index contributed by atoms with van der Waals surface area (Å²) in [5.41, 5.74) is -0.178. The average molecular weight is 187 g/mol. The van der Waals surface area contributed by atoms with Gasteiger partial charge >= 0.3 is 0 Å². The molecule has 2 heteroatoms. The van der Waals surface area contributed by atoms with E-state index in [4.69, 9.17) is 11.6 Å². The zero-order chi connectivity index (χ0) is 8.77. The van der Waals surface area contributed by atoms with Crippen LogP contribution >= 0.6 is 11.6 Å². The molecule has 1 nitrogen and oxygen atoms in total. The molecule has 2 aliphatic rings. The molecule has 0 bridgehead atoms. The number of fused-ring (bicyclic) bond motifs is 1. The monoisotopic (exact) mass is 186 g/mol. The van der Waals surface area contributed by atoms with Gasteiger partial charge in [-0.05, 0) is 42.7 Å². The lowest BCUT2D eigenvalue weighted by Crippen LogP contribution is -2.28. The maximum atomic E-state index is 11.3. The van der Waals surface area contributed by atoms with Crippen molar-refractivity contribution in [2.75, 3.05) is 0 Å². The Labute approximate surface area is 78.5 Å². The van der Waals surface area contributed by atoms with E-state index in [0.29, 0.717) is 5.92 Å². The normalized spacial score (nSPS) is 46.2. The quantitative estimate of drug-likeness (QED) is 0.576. The van der Waals surface area contributed by atoms with Crippen molar-refractivity contribution in [1.29, 1.82) is 0 Å². The second kappa shape index (κ2) is 2.73. The second-order valence-corrected chi connectivity index (χ2v) is 4.87. The second-order valence-electron chi connectivity index (χ2n) is 4.53. The van der Waals surface area contributed by atoms with E-state index in [2.05, 4.69) is 6.92 Å². The fourth-order valence-electron chi connectivity index (χ4n) is 3.14. The van der Waals surface area contributed by atoms with Crippen LogP contribution in [0.25, 0.3) is 0 Å². The summed E-state index contributed by atoms with van der Waals surface area (Å²) >= 11 is 5.65. The average Bonchev–Trinajstić information content (AvgIpc) is 2.54. The first-order valence-electron chi connectivity index (χ1n) is 4.84. The maximum absolute atomic E-state index is 11.3. The van der Waals surface area contributed by atoms with Crippen LogP contribution < -0.4 is 0 Å². The number of hydrogen-bond acceptors (Lipinski definition) is 1. The van der Waals surface area contributed by atoms with Gasteiger partial charge in [-0.3, -0.25) is 4.79 Å². The first-order valence-corrected chi connectivity index (χ1v) is 5.22.